The lowest BCUT2D eigenvalue weighted by Gasteiger charge is -2.11. The second-order valence-electron chi connectivity index (χ2n) is 5.51. The van der Waals surface area contributed by atoms with E-state index in [1.807, 2.05) is 26.0 Å². The first kappa shape index (κ1) is 19.5. The van der Waals surface area contributed by atoms with Crippen LogP contribution in [-0.2, 0) is 0 Å². The highest BCUT2D eigenvalue weighted by Crippen LogP contribution is 2.38. The Morgan fingerprint density at radius 1 is 1.35 bits per heavy atom. The van der Waals surface area contributed by atoms with Crippen LogP contribution in [0.4, 0.5) is 11.4 Å². The highest BCUT2D eigenvalue weighted by Gasteiger charge is 2.21. The Balaban J connectivity index is 2.26. The van der Waals surface area contributed by atoms with E-state index in [-0.39, 0.29) is 17.2 Å². The largest absolute Gasteiger partial charge is 0.493 e. The van der Waals surface area contributed by atoms with Gasteiger partial charge in [-0.3, -0.25) is 15.5 Å². The molecule has 7 nitrogen and oxygen atoms in total. The SMILES string of the molecule is CCCOc1c(OC)cc(/C=N/Nc2ccc(C)c(Cl)c2)cc1[N+](=O)[O-]. The normalized spacial score (nSPS) is 10.8. The highest BCUT2D eigenvalue weighted by molar-refractivity contribution is 6.31. The number of hydrogen-bond donors (Lipinski definition) is 1. The van der Waals surface area contributed by atoms with Crippen molar-refractivity contribution in [3.05, 3.63) is 56.6 Å². The molecule has 26 heavy (non-hydrogen) atoms. The third kappa shape index (κ3) is 4.86. The molecule has 8 heteroatoms. The Bertz CT molecular complexity index is 824. The summed E-state index contributed by atoms with van der Waals surface area (Å²) in [5.74, 6) is 0.405. The van der Waals surface area contributed by atoms with Crippen LogP contribution in [0.1, 0.15) is 24.5 Å². The zero-order chi connectivity index (χ0) is 19.1. The summed E-state index contributed by atoms with van der Waals surface area (Å²) in [5, 5.41) is 16.1. The van der Waals surface area contributed by atoms with Gasteiger partial charge < -0.3 is 9.47 Å². The Kier molecular flexibility index (Phi) is 6.80. The van der Waals surface area contributed by atoms with Crippen LogP contribution in [0.3, 0.4) is 0 Å². The van der Waals surface area contributed by atoms with E-state index in [1.165, 1.54) is 19.4 Å². The third-order valence-electron chi connectivity index (χ3n) is 3.50. The Labute approximate surface area is 156 Å². The van der Waals surface area contributed by atoms with E-state index in [2.05, 4.69) is 10.5 Å². The van der Waals surface area contributed by atoms with E-state index in [0.717, 1.165) is 12.0 Å². The number of benzene rings is 2. The van der Waals surface area contributed by atoms with E-state index in [0.29, 0.717) is 22.9 Å². The number of anilines is 1. The summed E-state index contributed by atoms with van der Waals surface area (Å²) in [6, 6.07) is 8.47. The summed E-state index contributed by atoms with van der Waals surface area (Å²) in [6.45, 7) is 4.19. The summed E-state index contributed by atoms with van der Waals surface area (Å²) in [4.78, 5) is 10.9. The van der Waals surface area contributed by atoms with E-state index in [9.17, 15) is 10.1 Å². The molecule has 0 aromatic heterocycles. The molecule has 2 aromatic carbocycles. The van der Waals surface area contributed by atoms with Crippen LogP contribution in [-0.4, -0.2) is 24.9 Å². The number of hydrazone groups is 1. The van der Waals surface area contributed by atoms with Gasteiger partial charge in [-0.05, 0) is 37.1 Å². The molecule has 1 N–H and O–H groups in total. The van der Waals surface area contributed by atoms with Crippen LogP contribution in [0, 0.1) is 17.0 Å². The van der Waals surface area contributed by atoms with Crippen molar-refractivity contribution in [1.29, 1.82) is 0 Å². The van der Waals surface area contributed by atoms with Gasteiger partial charge in [0.2, 0.25) is 5.75 Å². The van der Waals surface area contributed by atoms with Crippen molar-refractivity contribution >= 4 is 29.2 Å². The van der Waals surface area contributed by atoms with Gasteiger partial charge in [-0.15, -0.1) is 0 Å². The van der Waals surface area contributed by atoms with Crippen molar-refractivity contribution in [2.45, 2.75) is 20.3 Å². The van der Waals surface area contributed by atoms with Crippen molar-refractivity contribution in [2.75, 3.05) is 19.1 Å². The first-order chi connectivity index (χ1) is 12.5. The fraction of sp³-hybridized carbons (Fsp3) is 0.278. The second kappa shape index (κ2) is 9.05. The van der Waals surface area contributed by atoms with Crippen LogP contribution in [0.25, 0.3) is 0 Å². The molecule has 0 spiro atoms. The second-order valence-corrected chi connectivity index (χ2v) is 5.92. The average Bonchev–Trinajstić information content (AvgIpc) is 2.62. The van der Waals surface area contributed by atoms with Crippen molar-refractivity contribution in [3.8, 4) is 11.5 Å². The van der Waals surface area contributed by atoms with Crippen LogP contribution < -0.4 is 14.9 Å². The monoisotopic (exact) mass is 377 g/mol. The van der Waals surface area contributed by atoms with Gasteiger partial charge in [0.25, 0.3) is 0 Å². The molecule has 2 rings (SSSR count). The fourth-order valence-electron chi connectivity index (χ4n) is 2.16. The number of rotatable bonds is 8. The number of nitro benzene ring substituents is 1. The first-order valence-corrected chi connectivity index (χ1v) is 8.38. The molecule has 0 heterocycles. The molecule has 0 radical (unpaired) electrons. The van der Waals surface area contributed by atoms with Crippen LogP contribution in [0.2, 0.25) is 5.02 Å². The average molecular weight is 378 g/mol. The zero-order valence-corrected chi connectivity index (χ0v) is 15.5. The molecule has 0 saturated heterocycles. The number of ether oxygens (including phenoxy) is 2. The minimum atomic E-state index is -0.502. The van der Waals surface area contributed by atoms with Gasteiger partial charge in [0, 0.05) is 16.7 Å². The van der Waals surface area contributed by atoms with Gasteiger partial charge in [0.1, 0.15) is 0 Å². The van der Waals surface area contributed by atoms with E-state index < -0.39 is 4.92 Å². The number of nitrogens with zero attached hydrogens (tertiary/aromatic N) is 2. The summed E-state index contributed by atoms with van der Waals surface area (Å²) >= 11 is 6.07. The summed E-state index contributed by atoms with van der Waals surface area (Å²) < 4.78 is 10.7. The van der Waals surface area contributed by atoms with Gasteiger partial charge in [0.05, 0.1) is 30.5 Å². The minimum Gasteiger partial charge on any atom is -0.493 e. The number of aryl methyl sites for hydroxylation is 1. The van der Waals surface area contributed by atoms with Crippen LogP contribution >= 0.6 is 11.6 Å². The number of methoxy groups -OCH3 is 1. The van der Waals surface area contributed by atoms with Crippen molar-refractivity contribution in [1.82, 2.24) is 0 Å². The van der Waals surface area contributed by atoms with Crippen molar-refractivity contribution in [2.24, 2.45) is 5.10 Å². The topological polar surface area (TPSA) is 86.0 Å². The molecule has 0 saturated carbocycles. The number of nitro groups is 1. The van der Waals surface area contributed by atoms with Gasteiger partial charge in [-0.25, -0.2) is 0 Å². The Morgan fingerprint density at radius 2 is 2.12 bits per heavy atom. The zero-order valence-electron chi connectivity index (χ0n) is 14.8. The first-order valence-electron chi connectivity index (χ1n) is 8.00. The standard InChI is InChI=1S/C18H20ClN3O4/c1-4-7-26-18-16(22(23)24)8-13(9-17(18)25-3)11-20-21-14-6-5-12(2)15(19)10-14/h5-6,8-11,21H,4,7H2,1-3H3/b20-11+. The van der Waals surface area contributed by atoms with E-state index in [1.54, 1.807) is 12.1 Å². The molecule has 2 aromatic rings. The van der Waals surface area contributed by atoms with Crippen LogP contribution in [0.15, 0.2) is 35.4 Å². The predicted octanol–water partition coefficient (Wildman–Crippen LogP) is 4.80. The number of hydrogen-bond acceptors (Lipinski definition) is 6. The lowest BCUT2D eigenvalue weighted by atomic mass is 10.2. The molecular weight excluding hydrogens is 358 g/mol. The van der Waals surface area contributed by atoms with Gasteiger partial charge in [-0.1, -0.05) is 24.6 Å². The quantitative estimate of drug-likeness (QED) is 0.405. The van der Waals surface area contributed by atoms with E-state index >= 15 is 0 Å². The number of nitrogens with one attached hydrogen (secondary N) is 1. The molecule has 0 aliphatic carbocycles. The summed E-state index contributed by atoms with van der Waals surface area (Å²) in [7, 11) is 1.44. The van der Waals surface area contributed by atoms with Crippen molar-refractivity contribution in [3.63, 3.8) is 0 Å². The van der Waals surface area contributed by atoms with E-state index in [4.69, 9.17) is 21.1 Å². The lowest BCUT2D eigenvalue weighted by molar-refractivity contribution is -0.386. The molecule has 0 aliphatic rings. The van der Waals surface area contributed by atoms with Gasteiger partial charge in [-0.2, -0.15) is 5.10 Å². The maximum atomic E-state index is 11.4. The molecule has 138 valence electrons. The third-order valence-corrected chi connectivity index (χ3v) is 3.91. The lowest BCUT2D eigenvalue weighted by Crippen LogP contribution is -2.03. The summed E-state index contributed by atoms with van der Waals surface area (Å²) in [5.41, 5.74) is 4.85. The Hall–Kier alpha value is -2.80. The predicted molar refractivity (Wildman–Crippen MR) is 103 cm³/mol. The summed E-state index contributed by atoms with van der Waals surface area (Å²) in [6.07, 6.45) is 2.19. The molecule has 0 unspecified atom stereocenters. The van der Waals surface area contributed by atoms with Gasteiger partial charge in [0.15, 0.2) is 5.75 Å². The van der Waals surface area contributed by atoms with Crippen LogP contribution in [0.5, 0.6) is 11.5 Å². The molecule has 0 fully saturated rings. The molecular formula is C18H20ClN3O4. The maximum Gasteiger partial charge on any atom is 0.315 e. The maximum absolute atomic E-state index is 11.4. The van der Waals surface area contributed by atoms with Crippen molar-refractivity contribution < 1.29 is 14.4 Å². The minimum absolute atomic E-state index is 0.120. The highest BCUT2D eigenvalue weighted by atomic mass is 35.5. The fourth-order valence-corrected chi connectivity index (χ4v) is 2.34. The number of halogens is 1. The molecule has 0 amide bonds. The molecule has 0 atom stereocenters. The smallest absolute Gasteiger partial charge is 0.315 e. The van der Waals surface area contributed by atoms with Gasteiger partial charge >= 0.3 is 5.69 Å². The molecule has 0 bridgehead atoms. The Morgan fingerprint density at radius 3 is 2.73 bits per heavy atom. The molecule has 0 aliphatic heterocycles.